The zero-order chi connectivity index (χ0) is 11.5. The third-order valence-corrected chi connectivity index (χ3v) is 2.75. The van der Waals surface area contributed by atoms with Gasteiger partial charge in [0.1, 0.15) is 15.5 Å². The fraction of sp³-hybridized carbons (Fsp3) is 0.333. The number of sulfone groups is 1. The summed E-state index contributed by atoms with van der Waals surface area (Å²) in [7, 11) is -3.13. The molecule has 6 heteroatoms. The Kier molecular flexibility index (Phi) is 3.41. The lowest BCUT2D eigenvalue weighted by Gasteiger charge is -2.02. The highest BCUT2D eigenvalue weighted by molar-refractivity contribution is 7.90. The molecule has 0 aliphatic carbocycles. The van der Waals surface area contributed by atoms with Crippen molar-refractivity contribution in [1.82, 2.24) is 4.98 Å². The largest absolute Gasteiger partial charge is 0.397 e. The molecule has 0 bridgehead atoms. The Morgan fingerprint density at radius 2 is 2.20 bits per heavy atom. The molecule has 1 heterocycles. The lowest BCUT2D eigenvalue weighted by molar-refractivity contribution is 0.0985. The van der Waals surface area contributed by atoms with Crippen LogP contribution in [0.2, 0.25) is 0 Å². The summed E-state index contributed by atoms with van der Waals surface area (Å²) >= 11 is 0. The Morgan fingerprint density at radius 3 is 2.73 bits per heavy atom. The summed E-state index contributed by atoms with van der Waals surface area (Å²) in [5.74, 6) is -0.527. The van der Waals surface area contributed by atoms with Gasteiger partial charge >= 0.3 is 0 Å². The summed E-state index contributed by atoms with van der Waals surface area (Å²) < 4.78 is 21.7. The van der Waals surface area contributed by atoms with Crippen LogP contribution in [0.15, 0.2) is 18.3 Å². The molecule has 0 amide bonds. The highest BCUT2D eigenvalue weighted by Crippen LogP contribution is 2.09. The van der Waals surface area contributed by atoms with Gasteiger partial charge in [-0.3, -0.25) is 9.78 Å². The highest BCUT2D eigenvalue weighted by Gasteiger charge is 2.13. The molecule has 5 nitrogen and oxygen atoms in total. The fourth-order valence-electron chi connectivity index (χ4n) is 1.05. The van der Waals surface area contributed by atoms with Crippen molar-refractivity contribution in [3.05, 3.63) is 24.0 Å². The van der Waals surface area contributed by atoms with E-state index in [4.69, 9.17) is 5.73 Å². The van der Waals surface area contributed by atoms with Crippen LogP contribution in [0.4, 0.5) is 5.69 Å². The zero-order valence-corrected chi connectivity index (χ0v) is 9.12. The third-order valence-electron chi connectivity index (χ3n) is 1.80. The van der Waals surface area contributed by atoms with Crippen molar-refractivity contribution in [2.24, 2.45) is 0 Å². The first-order chi connectivity index (χ1) is 6.90. The molecule has 1 aromatic heterocycles. The van der Waals surface area contributed by atoms with E-state index in [-0.39, 0.29) is 29.3 Å². The van der Waals surface area contributed by atoms with Gasteiger partial charge in [0.05, 0.1) is 11.4 Å². The molecule has 2 N–H and O–H groups in total. The van der Waals surface area contributed by atoms with Gasteiger partial charge in [0.25, 0.3) is 0 Å². The fourth-order valence-corrected chi connectivity index (χ4v) is 1.60. The Morgan fingerprint density at radius 1 is 1.53 bits per heavy atom. The normalized spacial score (nSPS) is 11.3. The number of Topliss-reactive ketones (excluding diaryl/α,β-unsaturated/α-hetero) is 1. The van der Waals surface area contributed by atoms with E-state index in [1.54, 1.807) is 12.1 Å². The van der Waals surface area contributed by atoms with Crippen LogP contribution in [-0.2, 0) is 9.84 Å². The summed E-state index contributed by atoms with van der Waals surface area (Å²) in [6, 6.07) is 3.17. The molecule has 82 valence electrons. The molecule has 0 saturated carbocycles. The first-order valence-corrected chi connectivity index (χ1v) is 6.37. The van der Waals surface area contributed by atoms with Crippen LogP contribution >= 0.6 is 0 Å². The minimum absolute atomic E-state index is 0.0833. The van der Waals surface area contributed by atoms with Crippen molar-refractivity contribution < 1.29 is 13.2 Å². The van der Waals surface area contributed by atoms with Gasteiger partial charge in [-0.25, -0.2) is 8.42 Å². The second-order valence-electron chi connectivity index (χ2n) is 3.24. The Hall–Kier alpha value is -1.43. The van der Waals surface area contributed by atoms with E-state index in [2.05, 4.69) is 4.98 Å². The molecule has 0 saturated heterocycles. The van der Waals surface area contributed by atoms with Crippen molar-refractivity contribution in [3.8, 4) is 0 Å². The van der Waals surface area contributed by atoms with Gasteiger partial charge in [0.2, 0.25) is 0 Å². The van der Waals surface area contributed by atoms with Gasteiger partial charge in [-0.15, -0.1) is 0 Å². The summed E-state index contributed by atoms with van der Waals surface area (Å²) in [4.78, 5) is 15.3. The standard InChI is InChI=1S/C9H12N2O3S/c1-15(13,14)6-4-8(12)9-7(10)3-2-5-11-9/h2-3,5H,4,6,10H2,1H3. The Labute approximate surface area is 88.2 Å². The van der Waals surface area contributed by atoms with Crippen molar-refractivity contribution in [3.63, 3.8) is 0 Å². The van der Waals surface area contributed by atoms with Crippen LogP contribution in [0.3, 0.4) is 0 Å². The maximum atomic E-state index is 11.5. The lowest BCUT2D eigenvalue weighted by atomic mass is 10.2. The first-order valence-electron chi connectivity index (χ1n) is 4.31. The van der Waals surface area contributed by atoms with Crippen LogP contribution in [0.1, 0.15) is 16.9 Å². The number of nitrogens with zero attached hydrogens (tertiary/aromatic N) is 1. The van der Waals surface area contributed by atoms with Gasteiger partial charge in [-0.1, -0.05) is 0 Å². The topological polar surface area (TPSA) is 90.1 Å². The van der Waals surface area contributed by atoms with Crippen molar-refractivity contribution >= 4 is 21.3 Å². The van der Waals surface area contributed by atoms with Crippen LogP contribution in [0.5, 0.6) is 0 Å². The van der Waals surface area contributed by atoms with E-state index >= 15 is 0 Å². The zero-order valence-electron chi connectivity index (χ0n) is 8.30. The van der Waals surface area contributed by atoms with E-state index < -0.39 is 9.84 Å². The van der Waals surface area contributed by atoms with E-state index in [1.807, 2.05) is 0 Å². The quantitative estimate of drug-likeness (QED) is 0.747. The number of carbonyl (C=O) groups excluding carboxylic acids is 1. The van der Waals surface area contributed by atoms with Crippen molar-refractivity contribution in [2.75, 3.05) is 17.7 Å². The molecule has 1 rings (SSSR count). The van der Waals surface area contributed by atoms with E-state index in [1.165, 1.54) is 6.20 Å². The summed E-state index contributed by atoms with van der Waals surface area (Å²) in [5.41, 5.74) is 5.94. The molecule has 0 aromatic carbocycles. The molecule has 0 radical (unpaired) electrons. The van der Waals surface area contributed by atoms with Crippen LogP contribution in [0, 0.1) is 0 Å². The first kappa shape index (κ1) is 11.6. The molecule has 0 fully saturated rings. The number of nitrogens with two attached hydrogens (primary N) is 1. The van der Waals surface area contributed by atoms with Crippen molar-refractivity contribution in [1.29, 1.82) is 0 Å². The number of hydrogen-bond acceptors (Lipinski definition) is 5. The van der Waals surface area contributed by atoms with Gasteiger partial charge < -0.3 is 5.73 Å². The Balaban J connectivity index is 2.75. The van der Waals surface area contributed by atoms with Crippen LogP contribution in [0.25, 0.3) is 0 Å². The number of ketones is 1. The smallest absolute Gasteiger partial charge is 0.184 e. The number of aromatic nitrogens is 1. The molecule has 1 aromatic rings. The number of pyridine rings is 1. The van der Waals surface area contributed by atoms with Gasteiger partial charge in [-0.2, -0.15) is 0 Å². The molecular weight excluding hydrogens is 216 g/mol. The average molecular weight is 228 g/mol. The molecule has 0 spiro atoms. The van der Waals surface area contributed by atoms with E-state index in [0.29, 0.717) is 0 Å². The predicted molar refractivity (Wildman–Crippen MR) is 57.3 cm³/mol. The summed E-state index contributed by atoms with van der Waals surface area (Å²) in [6.45, 7) is 0. The number of anilines is 1. The highest BCUT2D eigenvalue weighted by atomic mass is 32.2. The molecule has 15 heavy (non-hydrogen) atoms. The summed E-state index contributed by atoms with van der Waals surface area (Å²) in [5, 5.41) is 0. The maximum absolute atomic E-state index is 11.5. The molecule has 0 unspecified atom stereocenters. The second kappa shape index (κ2) is 4.39. The van der Waals surface area contributed by atoms with E-state index in [0.717, 1.165) is 6.26 Å². The molecule has 0 aliphatic rings. The summed E-state index contributed by atoms with van der Waals surface area (Å²) in [6.07, 6.45) is 2.45. The number of hydrogen-bond donors (Lipinski definition) is 1. The lowest BCUT2D eigenvalue weighted by Crippen LogP contribution is -2.12. The van der Waals surface area contributed by atoms with Crippen molar-refractivity contribution in [2.45, 2.75) is 6.42 Å². The monoisotopic (exact) mass is 228 g/mol. The second-order valence-corrected chi connectivity index (χ2v) is 5.50. The Bertz CT molecular complexity index is 468. The minimum Gasteiger partial charge on any atom is -0.397 e. The van der Waals surface area contributed by atoms with Gasteiger partial charge in [0.15, 0.2) is 5.78 Å². The number of nitrogen functional groups attached to an aromatic ring is 1. The van der Waals surface area contributed by atoms with Crippen LogP contribution in [-0.4, -0.2) is 31.2 Å². The SMILES string of the molecule is CS(=O)(=O)CCC(=O)c1ncccc1N. The predicted octanol–water partition coefficient (Wildman–Crippen LogP) is 0.281. The average Bonchev–Trinajstić information content (AvgIpc) is 2.14. The molecular formula is C9H12N2O3S. The maximum Gasteiger partial charge on any atom is 0.184 e. The van der Waals surface area contributed by atoms with Gasteiger partial charge in [-0.05, 0) is 12.1 Å². The van der Waals surface area contributed by atoms with Crippen LogP contribution < -0.4 is 5.73 Å². The van der Waals surface area contributed by atoms with Gasteiger partial charge in [0, 0.05) is 18.9 Å². The minimum atomic E-state index is -3.13. The molecule has 0 atom stereocenters. The molecule has 0 aliphatic heterocycles. The van der Waals surface area contributed by atoms with E-state index in [9.17, 15) is 13.2 Å². The number of rotatable bonds is 4. The third kappa shape index (κ3) is 3.67. The number of carbonyl (C=O) groups is 1.